The van der Waals surface area contributed by atoms with Crippen LogP contribution >= 0.6 is 11.6 Å². The molecular weight excluding hydrogens is 282 g/mol. The third-order valence-corrected chi connectivity index (χ3v) is 5.89. The molecule has 106 valence electrons. The van der Waals surface area contributed by atoms with E-state index in [1.807, 2.05) is 24.3 Å². The molecule has 1 heterocycles. The Morgan fingerprint density at radius 3 is 2.74 bits per heavy atom. The SMILES string of the molecule is CCNCC(c1ccccc1Cl)C1CCS(=O)(=O)C1. The van der Waals surface area contributed by atoms with Gasteiger partial charge in [-0.2, -0.15) is 0 Å². The second-order valence-corrected chi connectivity index (χ2v) is 7.73. The minimum atomic E-state index is -2.86. The molecule has 0 aliphatic carbocycles. The summed E-state index contributed by atoms with van der Waals surface area (Å²) in [6, 6.07) is 7.75. The highest BCUT2D eigenvalue weighted by molar-refractivity contribution is 7.91. The van der Waals surface area contributed by atoms with Crippen LogP contribution in [0, 0.1) is 5.92 Å². The zero-order valence-electron chi connectivity index (χ0n) is 11.1. The van der Waals surface area contributed by atoms with Gasteiger partial charge in [0.1, 0.15) is 0 Å². The lowest BCUT2D eigenvalue weighted by atomic mass is 9.85. The van der Waals surface area contributed by atoms with E-state index in [0.29, 0.717) is 5.75 Å². The van der Waals surface area contributed by atoms with E-state index < -0.39 is 9.84 Å². The van der Waals surface area contributed by atoms with Gasteiger partial charge >= 0.3 is 0 Å². The molecule has 0 bridgehead atoms. The number of sulfone groups is 1. The van der Waals surface area contributed by atoms with Crippen LogP contribution in [-0.2, 0) is 9.84 Å². The van der Waals surface area contributed by atoms with Crippen LogP contribution < -0.4 is 5.32 Å². The average Bonchev–Trinajstić information content (AvgIpc) is 2.72. The summed E-state index contributed by atoms with van der Waals surface area (Å²) in [5.74, 6) is 0.939. The third kappa shape index (κ3) is 3.71. The summed E-state index contributed by atoms with van der Waals surface area (Å²) in [4.78, 5) is 0. The van der Waals surface area contributed by atoms with Crippen LogP contribution in [-0.4, -0.2) is 33.0 Å². The van der Waals surface area contributed by atoms with E-state index in [1.54, 1.807) is 0 Å². The maximum absolute atomic E-state index is 11.7. The predicted molar refractivity (Wildman–Crippen MR) is 79.5 cm³/mol. The standard InChI is InChI=1S/C14H20ClNO2S/c1-2-16-9-13(11-7-8-19(17,18)10-11)12-5-3-4-6-14(12)15/h3-6,11,13,16H,2,7-10H2,1H3. The van der Waals surface area contributed by atoms with E-state index in [0.717, 1.165) is 30.1 Å². The summed E-state index contributed by atoms with van der Waals surface area (Å²) in [5.41, 5.74) is 1.06. The van der Waals surface area contributed by atoms with Crippen LogP contribution in [0.1, 0.15) is 24.8 Å². The molecule has 1 aromatic rings. The largest absolute Gasteiger partial charge is 0.316 e. The van der Waals surface area contributed by atoms with E-state index in [1.165, 1.54) is 0 Å². The molecule has 0 spiro atoms. The van der Waals surface area contributed by atoms with Crippen molar-refractivity contribution in [2.45, 2.75) is 19.3 Å². The third-order valence-electron chi connectivity index (χ3n) is 3.76. The fraction of sp³-hybridized carbons (Fsp3) is 0.571. The van der Waals surface area contributed by atoms with Gasteiger partial charge in [-0.15, -0.1) is 0 Å². The first kappa shape index (κ1) is 14.8. The summed E-state index contributed by atoms with van der Waals surface area (Å²) in [5, 5.41) is 4.06. The molecule has 2 rings (SSSR count). The van der Waals surface area contributed by atoms with Gasteiger partial charge in [-0.25, -0.2) is 8.42 Å². The zero-order valence-corrected chi connectivity index (χ0v) is 12.7. The molecule has 2 atom stereocenters. The molecule has 1 aliphatic heterocycles. The molecule has 1 saturated heterocycles. The van der Waals surface area contributed by atoms with E-state index >= 15 is 0 Å². The molecule has 0 radical (unpaired) electrons. The van der Waals surface area contributed by atoms with Crippen LogP contribution in [0.15, 0.2) is 24.3 Å². The van der Waals surface area contributed by atoms with Crippen LogP contribution in [0.3, 0.4) is 0 Å². The predicted octanol–water partition coefficient (Wildman–Crippen LogP) is 2.47. The lowest BCUT2D eigenvalue weighted by molar-refractivity contribution is 0.443. The highest BCUT2D eigenvalue weighted by Crippen LogP contribution is 2.36. The monoisotopic (exact) mass is 301 g/mol. The van der Waals surface area contributed by atoms with E-state index in [2.05, 4.69) is 12.2 Å². The number of nitrogens with one attached hydrogen (secondary N) is 1. The van der Waals surface area contributed by atoms with Crippen molar-refractivity contribution in [3.05, 3.63) is 34.9 Å². The summed E-state index contributed by atoms with van der Waals surface area (Å²) >= 11 is 6.27. The molecule has 5 heteroatoms. The topological polar surface area (TPSA) is 46.2 Å². The van der Waals surface area contributed by atoms with Crippen molar-refractivity contribution in [2.24, 2.45) is 5.92 Å². The first-order chi connectivity index (χ1) is 9.03. The van der Waals surface area contributed by atoms with Crippen molar-refractivity contribution in [1.29, 1.82) is 0 Å². The molecule has 0 aromatic heterocycles. The second kappa shape index (κ2) is 6.25. The molecule has 19 heavy (non-hydrogen) atoms. The summed E-state index contributed by atoms with van der Waals surface area (Å²) < 4.78 is 23.4. The van der Waals surface area contributed by atoms with Crippen molar-refractivity contribution >= 4 is 21.4 Å². The van der Waals surface area contributed by atoms with Gasteiger partial charge in [-0.05, 0) is 30.5 Å². The zero-order chi connectivity index (χ0) is 13.9. The van der Waals surface area contributed by atoms with Crippen LogP contribution in [0.25, 0.3) is 0 Å². The Morgan fingerprint density at radius 2 is 2.16 bits per heavy atom. The Kier molecular flexibility index (Phi) is 4.87. The van der Waals surface area contributed by atoms with Crippen molar-refractivity contribution in [2.75, 3.05) is 24.6 Å². The van der Waals surface area contributed by atoms with Gasteiger partial charge in [0.05, 0.1) is 11.5 Å². The maximum atomic E-state index is 11.7. The Bertz CT molecular complexity index is 530. The molecule has 3 nitrogen and oxygen atoms in total. The van der Waals surface area contributed by atoms with Gasteiger partial charge in [0, 0.05) is 17.5 Å². The molecule has 1 aromatic carbocycles. The first-order valence-electron chi connectivity index (χ1n) is 6.69. The van der Waals surface area contributed by atoms with E-state index in [4.69, 9.17) is 11.6 Å². The first-order valence-corrected chi connectivity index (χ1v) is 8.89. The Morgan fingerprint density at radius 1 is 1.42 bits per heavy atom. The normalized spacial score (nSPS) is 23.4. The van der Waals surface area contributed by atoms with Crippen LogP contribution in [0.2, 0.25) is 5.02 Å². The van der Waals surface area contributed by atoms with Crippen molar-refractivity contribution in [3.8, 4) is 0 Å². The fourth-order valence-electron chi connectivity index (χ4n) is 2.75. The second-order valence-electron chi connectivity index (χ2n) is 5.10. The Balaban J connectivity index is 2.24. The minimum Gasteiger partial charge on any atom is -0.316 e. The quantitative estimate of drug-likeness (QED) is 0.909. The number of benzene rings is 1. The van der Waals surface area contributed by atoms with Gasteiger partial charge in [0.25, 0.3) is 0 Å². The summed E-state index contributed by atoms with van der Waals surface area (Å²) in [7, 11) is -2.86. The molecule has 1 aliphatic rings. The number of hydrogen-bond donors (Lipinski definition) is 1. The maximum Gasteiger partial charge on any atom is 0.150 e. The van der Waals surface area contributed by atoms with Crippen molar-refractivity contribution < 1.29 is 8.42 Å². The molecule has 1 fully saturated rings. The van der Waals surface area contributed by atoms with E-state index in [9.17, 15) is 8.42 Å². The average molecular weight is 302 g/mol. The lowest BCUT2D eigenvalue weighted by Crippen LogP contribution is -2.27. The fourth-order valence-corrected chi connectivity index (χ4v) is 4.90. The number of halogens is 1. The van der Waals surface area contributed by atoms with Gasteiger partial charge in [0.15, 0.2) is 9.84 Å². The van der Waals surface area contributed by atoms with Gasteiger partial charge in [-0.3, -0.25) is 0 Å². The molecule has 2 unspecified atom stereocenters. The minimum absolute atomic E-state index is 0.170. The number of hydrogen-bond acceptors (Lipinski definition) is 3. The number of likely N-dealkylation sites (N-methyl/N-ethyl adjacent to an activating group) is 1. The summed E-state index contributed by atoms with van der Waals surface area (Å²) in [6.07, 6.45) is 0.740. The Labute approximate surface area is 120 Å². The van der Waals surface area contributed by atoms with Gasteiger partial charge in [-0.1, -0.05) is 36.7 Å². The van der Waals surface area contributed by atoms with Crippen LogP contribution in [0.5, 0.6) is 0 Å². The number of rotatable bonds is 5. The molecular formula is C14H20ClNO2S. The van der Waals surface area contributed by atoms with E-state index in [-0.39, 0.29) is 17.6 Å². The molecule has 0 saturated carbocycles. The highest BCUT2D eigenvalue weighted by Gasteiger charge is 2.34. The van der Waals surface area contributed by atoms with Crippen LogP contribution in [0.4, 0.5) is 0 Å². The molecule has 1 N–H and O–H groups in total. The van der Waals surface area contributed by atoms with Crippen molar-refractivity contribution in [3.63, 3.8) is 0 Å². The van der Waals surface area contributed by atoms with Gasteiger partial charge in [0.2, 0.25) is 0 Å². The summed E-state index contributed by atoms with van der Waals surface area (Å²) in [6.45, 7) is 3.70. The molecule has 0 amide bonds. The van der Waals surface area contributed by atoms with Crippen molar-refractivity contribution in [1.82, 2.24) is 5.32 Å². The highest BCUT2D eigenvalue weighted by atomic mass is 35.5. The Hall–Kier alpha value is -0.580. The lowest BCUT2D eigenvalue weighted by Gasteiger charge is -2.24. The van der Waals surface area contributed by atoms with Gasteiger partial charge < -0.3 is 5.32 Å². The smallest absolute Gasteiger partial charge is 0.150 e.